The van der Waals surface area contributed by atoms with Crippen molar-refractivity contribution < 1.29 is 36.3 Å². The second-order valence-electron chi connectivity index (χ2n) is 13.2. The number of amides is 1. The number of aliphatic carboxylic acids is 1. The summed E-state index contributed by atoms with van der Waals surface area (Å²) in [5, 5.41) is 19.1. The number of aryl methyl sites for hydroxylation is 3. The van der Waals surface area contributed by atoms with Gasteiger partial charge in [-0.25, -0.2) is 21.8 Å². The molecule has 1 aliphatic rings. The lowest BCUT2D eigenvalue weighted by Crippen LogP contribution is -2.49. The van der Waals surface area contributed by atoms with E-state index in [4.69, 9.17) is 4.74 Å². The van der Waals surface area contributed by atoms with Gasteiger partial charge >= 0.3 is 5.97 Å². The summed E-state index contributed by atoms with van der Waals surface area (Å²) in [4.78, 5) is 29.2. The molecule has 15 heteroatoms. The van der Waals surface area contributed by atoms with Crippen LogP contribution >= 0.6 is 0 Å². The van der Waals surface area contributed by atoms with E-state index in [0.717, 1.165) is 27.1 Å². The second kappa shape index (κ2) is 15.6. The fraction of sp³-hybridized carbons (Fsp3) is 0.289. The first-order valence-corrected chi connectivity index (χ1v) is 19.9. The molecule has 2 heterocycles. The molecule has 0 bridgehead atoms. The summed E-state index contributed by atoms with van der Waals surface area (Å²) in [5.74, 6) is -1.59. The Morgan fingerprint density at radius 3 is 2.21 bits per heavy atom. The van der Waals surface area contributed by atoms with Crippen molar-refractivity contribution >= 4 is 59.3 Å². The molecular weight excluding hydrogens is 719 g/mol. The van der Waals surface area contributed by atoms with Crippen molar-refractivity contribution in [1.82, 2.24) is 19.3 Å². The molecule has 4 aromatic carbocycles. The van der Waals surface area contributed by atoms with Crippen LogP contribution in [0.4, 0.5) is 5.82 Å². The molecule has 1 saturated heterocycles. The molecule has 53 heavy (non-hydrogen) atoms. The highest BCUT2D eigenvalue weighted by Crippen LogP contribution is 2.31. The number of aromatic nitrogens is 1. The van der Waals surface area contributed by atoms with Crippen LogP contribution in [-0.2, 0) is 34.4 Å². The number of benzene rings is 4. The molecule has 1 aromatic heterocycles. The van der Waals surface area contributed by atoms with Gasteiger partial charge in [-0.1, -0.05) is 54.1 Å². The van der Waals surface area contributed by atoms with E-state index >= 15 is 0 Å². The number of pyridine rings is 1. The van der Waals surface area contributed by atoms with Crippen LogP contribution in [-0.4, -0.2) is 87.5 Å². The summed E-state index contributed by atoms with van der Waals surface area (Å²) in [7, 11) is -8.27. The Bertz CT molecular complexity index is 2370. The monoisotopic (exact) mass is 759 g/mol. The average molecular weight is 760 g/mol. The van der Waals surface area contributed by atoms with Gasteiger partial charge in [0, 0.05) is 31.9 Å². The number of rotatable bonds is 14. The molecule has 1 fully saturated rings. The van der Waals surface area contributed by atoms with Crippen molar-refractivity contribution in [1.29, 1.82) is 0 Å². The number of fused-ring (bicyclic) bond motifs is 2. The van der Waals surface area contributed by atoms with Gasteiger partial charge in [0.15, 0.2) is 0 Å². The van der Waals surface area contributed by atoms with Gasteiger partial charge in [-0.15, -0.1) is 0 Å². The number of hydrogen-bond acceptors (Lipinski definition) is 9. The highest BCUT2D eigenvalue weighted by Gasteiger charge is 2.41. The molecule has 0 spiro atoms. The normalized spacial score (nSPS) is 17.2. The number of anilines is 1. The molecule has 3 atom stereocenters. The lowest BCUT2D eigenvalue weighted by atomic mass is 10.0. The Kier molecular flexibility index (Phi) is 11.1. The van der Waals surface area contributed by atoms with Crippen molar-refractivity contribution in [3.8, 4) is 0 Å². The fourth-order valence-corrected chi connectivity index (χ4v) is 10.2. The van der Waals surface area contributed by atoms with E-state index in [2.05, 4.69) is 20.3 Å². The van der Waals surface area contributed by atoms with Crippen molar-refractivity contribution in [2.75, 3.05) is 31.6 Å². The van der Waals surface area contributed by atoms with E-state index in [1.165, 1.54) is 4.31 Å². The number of carbonyl (C=O) groups excluding carboxylic acids is 1. The predicted molar refractivity (Wildman–Crippen MR) is 202 cm³/mol. The lowest BCUT2D eigenvalue weighted by Gasteiger charge is -2.24. The van der Waals surface area contributed by atoms with Crippen LogP contribution < -0.4 is 15.4 Å². The zero-order valence-corrected chi connectivity index (χ0v) is 31.1. The third kappa shape index (κ3) is 8.66. The van der Waals surface area contributed by atoms with Crippen LogP contribution in [0.25, 0.3) is 21.5 Å². The smallest absolute Gasteiger partial charge is 0.323 e. The van der Waals surface area contributed by atoms with Crippen LogP contribution in [0.2, 0.25) is 0 Å². The number of nitrogens with one attached hydrogen (secondary N) is 3. The Morgan fingerprint density at radius 1 is 0.887 bits per heavy atom. The minimum Gasteiger partial charge on any atom is -0.480 e. The van der Waals surface area contributed by atoms with Crippen molar-refractivity contribution in [2.45, 2.75) is 55.2 Å². The van der Waals surface area contributed by atoms with Crippen LogP contribution in [0.5, 0.6) is 0 Å². The van der Waals surface area contributed by atoms with Gasteiger partial charge in [0.2, 0.25) is 26.0 Å². The minimum absolute atomic E-state index is 0.0194. The number of sulfonamides is 2. The summed E-state index contributed by atoms with van der Waals surface area (Å²) in [6, 6.07) is 23.4. The van der Waals surface area contributed by atoms with Gasteiger partial charge in [-0.05, 0) is 96.3 Å². The number of hydrogen-bond donors (Lipinski definition) is 4. The van der Waals surface area contributed by atoms with E-state index < -0.39 is 63.3 Å². The van der Waals surface area contributed by atoms with E-state index in [9.17, 15) is 31.5 Å². The second-order valence-corrected chi connectivity index (χ2v) is 16.8. The molecule has 6 rings (SSSR count). The molecule has 1 aliphatic heterocycles. The molecule has 5 aromatic rings. The van der Waals surface area contributed by atoms with Gasteiger partial charge in [-0.2, -0.15) is 9.03 Å². The van der Waals surface area contributed by atoms with E-state index in [1.807, 2.05) is 49.4 Å². The summed E-state index contributed by atoms with van der Waals surface area (Å²) in [6.07, 6.45) is 1.22. The van der Waals surface area contributed by atoms with Gasteiger partial charge in [0.1, 0.15) is 18.5 Å². The van der Waals surface area contributed by atoms with Crippen molar-refractivity contribution in [3.05, 3.63) is 108 Å². The van der Waals surface area contributed by atoms with Crippen LogP contribution in [0.1, 0.15) is 23.1 Å². The molecule has 13 nitrogen and oxygen atoms in total. The summed E-state index contributed by atoms with van der Waals surface area (Å²) >= 11 is 0. The summed E-state index contributed by atoms with van der Waals surface area (Å²) in [5.41, 5.74) is 1.79. The molecular formula is C38H41N5O8S2. The van der Waals surface area contributed by atoms with Gasteiger partial charge in [-0.3, -0.25) is 9.59 Å². The SMILES string of the molecule is Cc1cc(C)c(S(=O)(=O)N[C@@H](CNC(=O)CO[C@@H]2C[C@@H](CNc3ccccn3)N(S(=O)(=O)c3ccc4cc5ccccc5cc4c3)C2)C(=O)O)c(C)c1. The zero-order chi connectivity index (χ0) is 37.9. The topological polar surface area (TPSA) is 184 Å². The van der Waals surface area contributed by atoms with Crippen LogP contribution in [0.15, 0.2) is 101 Å². The molecule has 0 saturated carbocycles. The maximum absolute atomic E-state index is 14.2. The quantitative estimate of drug-likeness (QED) is 0.120. The largest absolute Gasteiger partial charge is 0.480 e. The highest BCUT2D eigenvalue weighted by atomic mass is 32.2. The number of carboxylic acid groups (broad SMARTS) is 1. The van der Waals surface area contributed by atoms with Gasteiger partial charge in [0.25, 0.3) is 0 Å². The zero-order valence-electron chi connectivity index (χ0n) is 29.4. The Morgan fingerprint density at radius 2 is 1.55 bits per heavy atom. The summed E-state index contributed by atoms with van der Waals surface area (Å²) < 4.78 is 64.2. The van der Waals surface area contributed by atoms with Crippen LogP contribution in [0.3, 0.4) is 0 Å². The Hall–Kier alpha value is -4.93. The highest BCUT2D eigenvalue weighted by molar-refractivity contribution is 7.89. The van der Waals surface area contributed by atoms with Gasteiger partial charge < -0.3 is 20.5 Å². The third-order valence-electron chi connectivity index (χ3n) is 9.21. The Balaban J connectivity index is 1.13. The molecule has 0 radical (unpaired) electrons. The van der Waals surface area contributed by atoms with Crippen LogP contribution in [0, 0.1) is 20.8 Å². The number of ether oxygens (including phenoxy) is 1. The minimum atomic E-state index is -4.24. The van der Waals surface area contributed by atoms with Crippen molar-refractivity contribution in [3.63, 3.8) is 0 Å². The van der Waals surface area contributed by atoms with Crippen molar-refractivity contribution in [2.24, 2.45) is 0 Å². The number of nitrogens with zero attached hydrogens (tertiary/aromatic N) is 2. The molecule has 1 amide bonds. The molecule has 0 unspecified atom stereocenters. The third-order valence-corrected chi connectivity index (χ3v) is 12.9. The maximum Gasteiger partial charge on any atom is 0.323 e. The van der Waals surface area contributed by atoms with E-state index in [0.29, 0.717) is 16.9 Å². The lowest BCUT2D eigenvalue weighted by molar-refractivity contribution is -0.139. The number of carbonyl (C=O) groups is 2. The molecule has 278 valence electrons. The number of carboxylic acids is 1. The first-order valence-electron chi connectivity index (χ1n) is 17.0. The Labute approximate surface area is 308 Å². The summed E-state index contributed by atoms with van der Waals surface area (Å²) in [6.45, 7) is 4.22. The first kappa shape index (κ1) is 37.8. The van der Waals surface area contributed by atoms with Gasteiger partial charge in [0.05, 0.1) is 15.9 Å². The fourth-order valence-electron chi connectivity index (χ4n) is 6.83. The molecule has 0 aliphatic carbocycles. The average Bonchev–Trinajstić information content (AvgIpc) is 3.54. The predicted octanol–water partition coefficient (Wildman–Crippen LogP) is 4.12. The molecule has 4 N–H and O–H groups in total. The maximum atomic E-state index is 14.2. The van der Waals surface area contributed by atoms with E-state index in [1.54, 1.807) is 62.5 Å². The first-order chi connectivity index (χ1) is 25.2. The van der Waals surface area contributed by atoms with E-state index in [-0.39, 0.29) is 29.3 Å². The standard InChI is InChI=1S/C38H41N5O8S2/c1-24-14-25(2)37(26(3)15-24)52(47,48)42-34(38(45)46)21-41-36(44)23-51-32-19-31(20-40-35-10-6-7-13-39-35)43(22-32)53(49,50)33-12-11-29-16-27-8-4-5-9-28(27)17-30(29)18-33/h4-18,31-32,34,42H,19-23H2,1-3H3,(H,39,40)(H,41,44)(H,45,46)/t31-,32+,34-/m0/s1.